The minimum absolute atomic E-state index is 0.121. The monoisotopic (exact) mass is 390 g/mol. The minimum atomic E-state index is -0.121. The number of amides is 2. The van der Waals surface area contributed by atoms with Crippen molar-refractivity contribution >= 4 is 27.6 Å². The normalized spacial score (nSPS) is 10.3. The summed E-state index contributed by atoms with van der Waals surface area (Å²) in [6.07, 6.45) is 0.900. The van der Waals surface area contributed by atoms with Gasteiger partial charge >= 0.3 is 6.03 Å². The molecule has 0 radical (unpaired) electrons. The van der Waals surface area contributed by atoms with Crippen LogP contribution >= 0.6 is 15.9 Å². The van der Waals surface area contributed by atoms with E-state index in [0.717, 1.165) is 22.0 Å². The van der Waals surface area contributed by atoms with E-state index < -0.39 is 0 Å². The Kier molecular flexibility index (Phi) is 6.67. The quantitative estimate of drug-likeness (QED) is 0.735. The first kappa shape index (κ1) is 18.3. The molecular formula is C19H23BrN2O2. The van der Waals surface area contributed by atoms with Crippen LogP contribution in [0.5, 0.6) is 5.75 Å². The van der Waals surface area contributed by atoms with Crippen LogP contribution in [-0.4, -0.2) is 24.6 Å². The predicted molar refractivity (Wildman–Crippen MR) is 102 cm³/mol. The molecule has 4 nitrogen and oxygen atoms in total. The van der Waals surface area contributed by atoms with Crippen molar-refractivity contribution in [2.45, 2.75) is 26.8 Å². The van der Waals surface area contributed by atoms with Crippen molar-refractivity contribution < 1.29 is 9.53 Å². The molecule has 2 amide bonds. The Morgan fingerprint density at radius 3 is 2.58 bits per heavy atom. The molecule has 0 atom stereocenters. The minimum Gasteiger partial charge on any atom is -0.495 e. The van der Waals surface area contributed by atoms with Crippen LogP contribution in [0, 0.1) is 6.92 Å². The fraction of sp³-hybridized carbons (Fsp3) is 0.316. The number of aryl methyl sites for hydroxylation is 1. The number of anilines is 1. The number of benzene rings is 2. The van der Waals surface area contributed by atoms with E-state index in [1.54, 1.807) is 7.11 Å². The van der Waals surface area contributed by atoms with Crippen LogP contribution in [0.3, 0.4) is 0 Å². The number of carbonyl (C=O) groups excluding carboxylic acids is 1. The molecule has 1 N–H and O–H groups in total. The number of halogens is 1. The number of nitrogens with one attached hydrogen (secondary N) is 1. The number of hydrogen-bond acceptors (Lipinski definition) is 2. The lowest BCUT2D eigenvalue weighted by atomic mass is 10.2. The van der Waals surface area contributed by atoms with Gasteiger partial charge < -0.3 is 15.0 Å². The Morgan fingerprint density at radius 2 is 1.96 bits per heavy atom. The lowest BCUT2D eigenvalue weighted by Gasteiger charge is -2.24. The summed E-state index contributed by atoms with van der Waals surface area (Å²) in [5.41, 5.74) is 2.77. The molecule has 5 heteroatoms. The van der Waals surface area contributed by atoms with E-state index in [-0.39, 0.29) is 6.03 Å². The van der Waals surface area contributed by atoms with Gasteiger partial charge in [-0.15, -0.1) is 0 Å². The molecule has 0 unspecified atom stereocenters. The van der Waals surface area contributed by atoms with Gasteiger partial charge in [0.2, 0.25) is 0 Å². The van der Waals surface area contributed by atoms with Crippen molar-refractivity contribution in [1.82, 2.24) is 4.90 Å². The summed E-state index contributed by atoms with van der Waals surface area (Å²) in [6.45, 7) is 5.29. The van der Waals surface area contributed by atoms with Gasteiger partial charge in [-0.25, -0.2) is 4.79 Å². The van der Waals surface area contributed by atoms with Crippen LogP contribution < -0.4 is 10.1 Å². The van der Waals surface area contributed by atoms with Crippen LogP contribution in [0.1, 0.15) is 24.5 Å². The highest BCUT2D eigenvalue weighted by atomic mass is 79.9. The SMILES string of the molecule is CCCN(Cc1ccccc1)C(=O)Nc1c(C)cc(Br)cc1OC. The fourth-order valence-corrected chi connectivity index (χ4v) is 3.10. The smallest absolute Gasteiger partial charge is 0.322 e. The highest BCUT2D eigenvalue weighted by Crippen LogP contribution is 2.32. The van der Waals surface area contributed by atoms with Crippen LogP contribution in [0.25, 0.3) is 0 Å². The van der Waals surface area contributed by atoms with Crippen molar-refractivity contribution in [3.8, 4) is 5.75 Å². The first-order chi connectivity index (χ1) is 11.5. The Hall–Kier alpha value is -2.01. The van der Waals surface area contributed by atoms with Crippen LogP contribution in [-0.2, 0) is 6.54 Å². The molecule has 0 fully saturated rings. The summed E-state index contributed by atoms with van der Waals surface area (Å²) in [5.74, 6) is 0.645. The molecule has 24 heavy (non-hydrogen) atoms. The number of hydrogen-bond donors (Lipinski definition) is 1. The maximum Gasteiger partial charge on any atom is 0.322 e. The molecule has 0 aliphatic rings. The van der Waals surface area contributed by atoms with E-state index in [9.17, 15) is 4.79 Å². The average Bonchev–Trinajstić information content (AvgIpc) is 2.57. The summed E-state index contributed by atoms with van der Waals surface area (Å²) >= 11 is 3.45. The van der Waals surface area contributed by atoms with Gasteiger partial charge in [-0.2, -0.15) is 0 Å². The highest BCUT2D eigenvalue weighted by molar-refractivity contribution is 9.10. The van der Waals surface area contributed by atoms with E-state index in [2.05, 4.69) is 28.2 Å². The molecule has 0 saturated carbocycles. The summed E-state index contributed by atoms with van der Waals surface area (Å²) < 4.78 is 6.32. The predicted octanol–water partition coefficient (Wildman–Crippen LogP) is 5.21. The first-order valence-electron chi connectivity index (χ1n) is 7.99. The zero-order valence-electron chi connectivity index (χ0n) is 14.3. The lowest BCUT2D eigenvalue weighted by molar-refractivity contribution is 0.209. The second-order valence-electron chi connectivity index (χ2n) is 5.64. The highest BCUT2D eigenvalue weighted by Gasteiger charge is 2.17. The summed E-state index contributed by atoms with van der Waals surface area (Å²) in [7, 11) is 1.60. The molecule has 2 aromatic rings. The Morgan fingerprint density at radius 1 is 1.25 bits per heavy atom. The Bertz CT molecular complexity index is 689. The summed E-state index contributed by atoms with van der Waals surface area (Å²) in [4.78, 5) is 14.6. The number of ether oxygens (including phenoxy) is 1. The second kappa shape index (κ2) is 8.73. The Balaban J connectivity index is 2.19. The topological polar surface area (TPSA) is 41.6 Å². The molecule has 0 bridgehead atoms. The van der Waals surface area contributed by atoms with Crippen molar-refractivity contribution in [2.75, 3.05) is 19.0 Å². The average molecular weight is 391 g/mol. The molecule has 128 valence electrons. The first-order valence-corrected chi connectivity index (χ1v) is 8.78. The van der Waals surface area contributed by atoms with Gasteiger partial charge in [0.25, 0.3) is 0 Å². The third-order valence-corrected chi connectivity index (χ3v) is 4.17. The molecule has 0 heterocycles. The molecule has 0 aliphatic heterocycles. The Labute approximate surface area is 151 Å². The van der Waals surface area contributed by atoms with Gasteiger partial charge in [-0.1, -0.05) is 53.2 Å². The lowest BCUT2D eigenvalue weighted by Crippen LogP contribution is -2.35. The van der Waals surface area contributed by atoms with Gasteiger partial charge in [0.05, 0.1) is 12.8 Å². The fourth-order valence-electron chi connectivity index (χ4n) is 2.55. The van der Waals surface area contributed by atoms with E-state index in [4.69, 9.17) is 4.74 Å². The maximum atomic E-state index is 12.8. The molecule has 0 aliphatic carbocycles. The molecule has 0 spiro atoms. The number of methoxy groups -OCH3 is 1. The number of nitrogens with zero attached hydrogens (tertiary/aromatic N) is 1. The second-order valence-corrected chi connectivity index (χ2v) is 6.55. The number of carbonyl (C=O) groups is 1. The van der Waals surface area contributed by atoms with Crippen molar-refractivity contribution in [3.63, 3.8) is 0 Å². The maximum absolute atomic E-state index is 12.8. The van der Waals surface area contributed by atoms with Gasteiger partial charge in [-0.05, 0) is 36.6 Å². The molecule has 2 rings (SSSR count). The number of rotatable bonds is 6. The van der Waals surface area contributed by atoms with Crippen LogP contribution in [0.4, 0.5) is 10.5 Å². The summed E-state index contributed by atoms with van der Waals surface area (Å²) in [6, 6.07) is 13.7. The van der Waals surface area contributed by atoms with Gasteiger partial charge in [0, 0.05) is 17.6 Å². The van der Waals surface area contributed by atoms with E-state index in [1.165, 1.54) is 0 Å². The van der Waals surface area contributed by atoms with Gasteiger partial charge in [-0.3, -0.25) is 0 Å². The zero-order valence-corrected chi connectivity index (χ0v) is 15.9. The summed E-state index contributed by atoms with van der Waals surface area (Å²) in [5, 5.41) is 3.00. The third kappa shape index (κ3) is 4.74. The van der Waals surface area contributed by atoms with E-state index in [0.29, 0.717) is 24.5 Å². The largest absolute Gasteiger partial charge is 0.495 e. The molecule has 2 aromatic carbocycles. The van der Waals surface area contributed by atoms with Crippen LogP contribution in [0.2, 0.25) is 0 Å². The standard InChI is InChI=1S/C19H23BrN2O2/c1-4-10-22(13-15-8-6-5-7-9-15)19(23)21-18-14(2)11-16(20)12-17(18)24-3/h5-9,11-12H,4,10,13H2,1-3H3,(H,21,23). The van der Waals surface area contributed by atoms with Crippen molar-refractivity contribution in [2.24, 2.45) is 0 Å². The molecule has 0 aromatic heterocycles. The molecular weight excluding hydrogens is 368 g/mol. The third-order valence-electron chi connectivity index (χ3n) is 3.71. The van der Waals surface area contributed by atoms with E-state index in [1.807, 2.05) is 54.3 Å². The van der Waals surface area contributed by atoms with Crippen molar-refractivity contribution in [3.05, 3.63) is 58.1 Å². The van der Waals surface area contributed by atoms with Gasteiger partial charge in [0.1, 0.15) is 5.75 Å². The van der Waals surface area contributed by atoms with Crippen molar-refractivity contribution in [1.29, 1.82) is 0 Å². The molecule has 0 saturated heterocycles. The zero-order chi connectivity index (χ0) is 17.5. The number of urea groups is 1. The van der Waals surface area contributed by atoms with Gasteiger partial charge in [0.15, 0.2) is 0 Å². The van der Waals surface area contributed by atoms with Crippen LogP contribution in [0.15, 0.2) is 46.9 Å². The van der Waals surface area contributed by atoms with E-state index >= 15 is 0 Å².